The van der Waals surface area contributed by atoms with Gasteiger partial charge in [-0.25, -0.2) is 0 Å². The Hall–Kier alpha value is 0.229. The normalized spacial score (nSPS) is 19.6. The standard InChI is InChI=1S/C5H10O4Se/c6-1-3(7)5(9)4(8)2-10/h2-9H,1H2/t3-,4-,5+/m1/s1. The summed E-state index contributed by atoms with van der Waals surface area (Å²) in [6, 6.07) is 0. The Balaban J connectivity index is 3.80. The molecule has 0 bridgehead atoms. The van der Waals surface area contributed by atoms with Crippen LogP contribution < -0.4 is 0 Å². The molecule has 0 aliphatic rings. The molecule has 0 aromatic heterocycles. The van der Waals surface area contributed by atoms with Gasteiger partial charge < -0.3 is 0 Å². The number of hydrogen-bond acceptors (Lipinski definition) is 4. The Labute approximate surface area is 66.5 Å². The summed E-state index contributed by atoms with van der Waals surface area (Å²) in [4.78, 5) is 1.21. The van der Waals surface area contributed by atoms with Crippen LogP contribution in [0.2, 0.25) is 0 Å². The first kappa shape index (κ1) is 10.2. The van der Waals surface area contributed by atoms with Crippen molar-refractivity contribution in [1.29, 1.82) is 0 Å². The van der Waals surface area contributed by atoms with E-state index in [0.717, 1.165) is 0 Å². The van der Waals surface area contributed by atoms with Gasteiger partial charge in [-0.1, -0.05) is 0 Å². The SMILES string of the molecule is OC[C@@H](O)[C@H](O)[C@H](O)C=[Se]. The van der Waals surface area contributed by atoms with Crippen LogP contribution in [0.1, 0.15) is 0 Å². The maximum absolute atomic E-state index is 8.87. The summed E-state index contributed by atoms with van der Waals surface area (Å²) in [7, 11) is 0. The van der Waals surface area contributed by atoms with Gasteiger partial charge >= 0.3 is 65.8 Å². The molecule has 0 amide bonds. The number of aliphatic hydroxyl groups excluding tert-OH is 4. The quantitative estimate of drug-likeness (QED) is 0.376. The molecule has 0 saturated heterocycles. The molecular weight excluding hydrogens is 203 g/mol. The van der Waals surface area contributed by atoms with Crippen molar-refractivity contribution >= 4 is 20.5 Å². The molecule has 0 aliphatic carbocycles. The van der Waals surface area contributed by atoms with Gasteiger partial charge in [0.2, 0.25) is 0 Å². The zero-order valence-corrected chi connectivity index (χ0v) is 6.93. The molecule has 0 radical (unpaired) electrons. The summed E-state index contributed by atoms with van der Waals surface area (Å²) in [5, 5.41) is 34.7. The minimum atomic E-state index is -1.33. The monoisotopic (exact) mass is 214 g/mol. The van der Waals surface area contributed by atoms with Crippen LogP contribution in [0.5, 0.6) is 0 Å². The Bertz CT molecular complexity index is 108. The number of hydrogen-bond donors (Lipinski definition) is 4. The van der Waals surface area contributed by atoms with E-state index in [2.05, 4.69) is 15.6 Å². The molecule has 0 rings (SSSR count). The second-order valence-electron chi connectivity index (χ2n) is 1.87. The number of aliphatic hydroxyl groups is 4. The molecule has 3 atom stereocenters. The first-order valence-corrected chi connectivity index (χ1v) is 3.72. The van der Waals surface area contributed by atoms with E-state index in [1.807, 2.05) is 0 Å². The first-order chi connectivity index (χ1) is 4.63. The van der Waals surface area contributed by atoms with Gasteiger partial charge in [0.05, 0.1) is 0 Å². The second kappa shape index (κ2) is 4.96. The van der Waals surface area contributed by atoms with Gasteiger partial charge in [-0.05, 0) is 0 Å². The Kier molecular flexibility index (Phi) is 5.07. The van der Waals surface area contributed by atoms with Gasteiger partial charge in [-0.2, -0.15) is 0 Å². The molecule has 0 fully saturated rings. The van der Waals surface area contributed by atoms with Crippen LogP contribution in [0.3, 0.4) is 0 Å². The van der Waals surface area contributed by atoms with Crippen LogP contribution in [0.25, 0.3) is 0 Å². The molecule has 0 aliphatic heterocycles. The molecule has 0 aromatic carbocycles. The molecular formula is C5H10O4Se. The number of rotatable bonds is 4. The molecule has 0 unspecified atom stereocenters. The minimum absolute atomic E-state index is 0.563. The molecule has 4 nitrogen and oxygen atoms in total. The summed E-state index contributed by atoms with van der Waals surface area (Å²) in [5.41, 5.74) is 0. The Morgan fingerprint density at radius 3 is 2.10 bits per heavy atom. The topological polar surface area (TPSA) is 80.9 Å². The van der Waals surface area contributed by atoms with Crippen LogP contribution in [-0.2, 0) is 0 Å². The van der Waals surface area contributed by atoms with Gasteiger partial charge in [0.1, 0.15) is 0 Å². The van der Waals surface area contributed by atoms with Crippen molar-refractivity contribution in [2.45, 2.75) is 18.3 Å². The molecule has 0 saturated carbocycles. The summed E-state index contributed by atoms with van der Waals surface area (Å²) in [6.07, 6.45) is -3.76. The summed E-state index contributed by atoms with van der Waals surface area (Å²) in [6.45, 7) is -0.563. The third kappa shape index (κ3) is 2.88. The van der Waals surface area contributed by atoms with E-state index >= 15 is 0 Å². The van der Waals surface area contributed by atoms with Crippen LogP contribution in [0.15, 0.2) is 0 Å². The summed E-state index contributed by atoms with van der Waals surface area (Å²) >= 11 is 2.37. The first-order valence-electron chi connectivity index (χ1n) is 2.73. The van der Waals surface area contributed by atoms with Gasteiger partial charge in [0.25, 0.3) is 0 Å². The molecule has 0 spiro atoms. The maximum atomic E-state index is 8.87. The van der Waals surface area contributed by atoms with Crippen molar-refractivity contribution in [3.63, 3.8) is 0 Å². The van der Waals surface area contributed by atoms with Crippen molar-refractivity contribution < 1.29 is 20.4 Å². The van der Waals surface area contributed by atoms with Crippen LogP contribution in [0.4, 0.5) is 0 Å². The second-order valence-corrected chi connectivity index (χ2v) is 2.44. The van der Waals surface area contributed by atoms with E-state index in [4.69, 9.17) is 20.4 Å². The predicted octanol–water partition coefficient (Wildman–Crippen LogP) is -2.97. The van der Waals surface area contributed by atoms with Crippen LogP contribution >= 0.6 is 0 Å². The predicted molar refractivity (Wildman–Crippen MR) is 36.9 cm³/mol. The zero-order chi connectivity index (χ0) is 8.15. The Morgan fingerprint density at radius 1 is 1.30 bits per heavy atom. The molecule has 0 aromatic rings. The Morgan fingerprint density at radius 2 is 1.80 bits per heavy atom. The average molecular weight is 213 g/mol. The third-order valence-electron chi connectivity index (χ3n) is 1.07. The molecule has 4 N–H and O–H groups in total. The summed E-state index contributed by atoms with van der Waals surface area (Å²) < 4.78 is 0. The van der Waals surface area contributed by atoms with Crippen LogP contribution in [-0.4, -0.2) is 65.8 Å². The van der Waals surface area contributed by atoms with Crippen LogP contribution in [0, 0.1) is 0 Å². The van der Waals surface area contributed by atoms with Crippen molar-refractivity contribution in [3.8, 4) is 0 Å². The molecule has 10 heavy (non-hydrogen) atoms. The van der Waals surface area contributed by atoms with E-state index in [1.54, 1.807) is 0 Å². The van der Waals surface area contributed by atoms with E-state index < -0.39 is 24.9 Å². The fourth-order valence-electron chi connectivity index (χ4n) is 0.416. The summed E-state index contributed by atoms with van der Waals surface area (Å²) in [5.74, 6) is 0. The molecule has 0 heterocycles. The third-order valence-corrected chi connectivity index (χ3v) is 1.66. The van der Waals surface area contributed by atoms with E-state index in [-0.39, 0.29) is 0 Å². The van der Waals surface area contributed by atoms with Crippen molar-refractivity contribution in [1.82, 2.24) is 0 Å². The van der Waals surface area contributed by atoms with Crippen molar-refractivity contribution in [2.24, 2.45) is 0 Å². The van der Waals surface area contributed by atoms with Gasteiger partial charge in [-0.3, -0.25) is 0 Å². The zero-order valence-electron chi connectivity index (χ0n) is 5.21. The fraction of sp³-hybridized carbons (Fsp3) is 0.800. The van der Waals surface area contributed by atoms with E-state index in [1.165, 1.54) is 4.92 Å². The van der Waals surface area contributed by atoms with E-state index in [0.29, 0.717) is 0 Å². The fourth-order valence-corrected chi connectivity index (χ4v) is 0.754. The van der Waals surface area contributed by atoms with Gasteiger partial charge in [0.15, 0.2) is 0 Å². The average Bonchev–Trinajstić information content (AvgIpc) is 2.00. The van der Waals surface area contributed by atoms with Gasteiger partial charge in [0, 0.05) is 0 Å². The van der Waals surface area contributed by atoms with Gasteiger partial charge in [-0.15, -0.1) is 0 Å². The molecule has 60 valence electrons. The molecule has 5 heteroatoms. The van der Waals surface area contributed by atoms with E-state index in [9.17, 15) is 0 Å². The van der Waals surface area contributed by atoms with Crippen molar-refractivity contribution in [3.05, 3.63) is 0 Å². The van der Waals surface area contributed by atoms with Crippen molar-refractivity contribution in [2.75, 3.05) is 6.61 Å².